The van der Waals surface area contributed by atoms with Gasteiger partial charge in [0.05, 0.1) is 17.8 Å². The van der Waals surface area contributed by atoms with Gasteiger partial charge in [0.25, 0.3) is 0 Å². The molecule has 1 N–H and O–H groups in total. The van der Waals surface area contributed by atoms with Crippen LogP contribution in [-0.4, -0.2) is 48.1 Å². The van der Waals surface area contributed by atoms with Gasteiger partial charge in [-0.25, -0.2) is 9.78 Å². The van der Waals surface area contributed by atoms with Gasteiger partial charge in [-0.1, -0.05) is 30.3 Å². The van der Waals surface area contributed by atoms with Crippen molar-refractivity contribution in [1.82, 2.24) is 15.2 Å². The molecule has 2 heterocycles. The Balaban J connectivity index is 1.52. The van der Waals surface area contributed by atoms with Crippen LogP contribution in [0.1, 0.15) is 24.3 Å². The molecule has 1 saturated heterocycles. The summed E-state index contributed by atoms with van der Waals surface area (Å²) in [6.07, 6.45) is 2.76. The number of hydrogen-bond acceptors (Lipinski definition) is 5. The Kier molecular flexibility index (Phi) is 6.22. The summed E-state index contributed by atoms with van der Waals surface area (Å²) in [7, 11) is 1.35. The third kappa shape index (κ3) is 4.40. The number of amides is 2. The summed E-state index contributed by atoms with van der Waals surface area (Å²) in [5.41, 5.74) is 2.05. The number of likely N-dealkylation sites (tertiary alicyclic amines) is 1. The molecule has 0 unspecified atom stereocenters. The van der Waals surface area contributed by atoms with Crippen LogP contribution in [0, 0.1) is 0 Å². The topological polar surface area (TPSA) is 71.5 Å². The minimum atomic E-state index is -0.438. The second-order valence-electron chi connectivity index (χ2n) is 6.21. The van der Waals surface area contributed by atoms with Crippen LogP contribution in [0.3, 0.4) is 0 Å². The summed E-state index contributed by atoms with van der Waals surface area (Å²) in [5, 5.41) is 5.96. The number of carbonyl (C=O) groups is 2. The number of ether oxygens (including phenoxy) is 1. The van der Waals surface area contributed by atoms with Crippen molar-refractivity contribution >= 4 is 23.3 Å². The predicted molar refractivity (Wildman–Crippen MR) is 101 cm³/mol. The van der Waals surface area contributed by atoms with Gasteiger partial charge < -0.3 is 10.1 Å². The van der Waals surface area contributed by atoms with Crippen LogP contribution in [0.2, 0.25) is 0 Å². The largest absolute Gasteiger partial charge is 0.453 e. The highest BCUT2D eigenvalue weighted by Crippen LogP contribution is 2.22. The molecule has 1 aromatic heterocycles. The van der Waals surface area contributed by atoms with Gasteiger partial charge in [0.2, 0.25) is 5.91 Å². The quantitative estimate of drug-likeness (QED) is 0.874. The Hall–Kier alpha value is -2.41. The van der Waals surface area contributed by atoms with Gasteiger partial charge in [-0.3, -0.25) is 9.69 Å². The molecule has 1 aromatic carbocycles. The maximum Gasteiger partial charge on any atom is 0.410 e. The zero-order valence-corrected chi connectivity index (χ0v) is 15.6. The number of methoxy groups -OCH3 is 1. The first-order valence-corrected chi connectivity index (χ1v) is 9.69. The molecule has 0 spiro atoms. The van der Waals surface area contributed by atoms with E-state index in [0.717, 1.165) is 29.1 Å². The van der Waals surface area contributed by atoms with Gasteiger partial charge in [-0.05, 0) is 19.3 Å². The smallest absolute Gasteiger partial charge is 0.410 e. The zero-order valence-electron chi connectivity index (χ0n) is 14.8. The highest BCUT2D eigenvalue weighted by Gasteiger charge is 2.32. The van der Waals surface area contributed by atoms with Gasteiger partial charge >= 0.3 is 6.09 Å². The Morgan fingerprint density at radius 1 is 1.31 bits per heavy atom. The summed E-state index contributed by atoms with van der Waals surface area (Å²) in [6, 6.07) is 9.59. The molecule has 0 saturated carbocycles. The van der Waals surface area contributed by atoms with E-state index in [1.165, 1.54) is 12.0 Å². The molecule has 7 heteroatoms. The van der Waals surface area contributed by atoms with E-state index in [1.807, 2.05) is 35.7 Å². The first kappa shape index (κ1) is 18.4. The molecule has 6 nitrogen and oxygen atoms in total. The molecule has 1 fully saturated rings. The summed E-state index contributed by atoms with van der Waals surface area (Å²) < 4.78 is 4.79. The molecular weight excluding hydrogens is 350 g/mol. The van der Waals surface area contributed by atoms with E-state index in [2.05, 4.69) is 10.3 Å². The maximum absolute atomic E-state index is 12.5. The van der Waals surface area contributed by atoms with Crippen LogP contribution in [0.4, 0.5) is 4.79 Å². The number of aromatic nitrogens is 1. The van der Waals surface area contributed by atoms with Crippen LogP contribution >= 0.6 is 11.3 Å². The Morgan fingerprint density at radius 2 is 2.12 bits per heavy atom. The Bertz CT molecular complexity index is 747. The third-order valence-corrected chi connectivity index (χ3v) is 5.38. The molecule has 0 bridgehead atoms. The van der Waals surface area contributed by atoms with E-state index < -0.39 is 12.1 Å². The fourth-order valence-corrected chi connectivity index (χ4v) is 3.93. The van der Waals surface area contributed by atoms with Crippen LogP contribution in [0.15, 0.2) is 35.7 Å². The van der Waals surface area contributed by atoms with Crippen LogP contribution in [0.25, 0.3) is 11.3 Å². The normalized spacial score (nSPS) is 17.0. The average Bonchev–Trinajstić information content (AvgIpc) is 3.17. The highest BCUT2D eigenvalue weighted by atomic mass is 32.1. The second kappa shape index (κ2) is 8.80. The molecule has 26 heavy (non-hydrogen) atoms. The Labute approximate surface area is 157 Å². The van der Waals surface area contributed by atoms with Gasteiger partial charge in [0.1, 0.15) is 6.04 Å². The summed E-state index contributed by atoms with van der Waals surface area (Å²) >= 11 is 1.59. The van der Waals surface area contributed by atoms with Crippen molar-refractivity contribution in [2.45, 2.75) is 31.7 Å². The van der Waals surface area contributed by atoms with Gasteiger partial charge in [-0.2, -0.15) is 0 Å². The molecule has 1 atom stereocenters. The van der Waals surface area contributed by atoms with Crippen molar-refractivity contribution in [3.63, 3.8) is 0 Å². The van der Waals surface area contributed by atoms with Crippen LogP contribution < -0.4 is 5.32 Å². The fourth-order valence-electron chi connectivity index (χ4n) is 3.12. The van der Waals surface area contributed by atoms with Crippen molar-refractivity contribution in [1.29, 1.82) is 0 Å². The van der Waals surface area contributed by atoms with E-state index in [9.17, 15) is 9.59 Å². The predicted octanol–water partition coefficient (Wildman–Crippen LogP) is 3.09. The standard InChI is InChI=1S/C19H23N3O3S/c1-25-19(24)22-12-6-5-9-16(22)18(23)20-11-10-17-21-15(13-26-17)14-7-3-2-4-8-14/h2-4,7-8,13,16H,5-6,9-12H2,1H3,(H,20,23)/t16-/m0/s1. The lowest BCUT2D eigenvalue weighted by Crippen LogP contribution is -2.52. The molecule has 2 aromatic rings. The molecule has 0 radical (unpaired) electrons. The summed E-state index contributed by atoms with van der Waals surface area (Å²) in [5.74, 6) is -0.116. The zero-order chi connectivity index (χ0) is 18.4. The van der Waals surface area contributed by atoms with Crippen molar-refractivity contribution in [2.75, 3.05) is 20.2 Å². The van der Waals surface area contributed by atoms with Crippen molar-refractivity contribution in [2.24, 2.45) is 0 Å². The van der Waals surface area contributed by atoms with Crippen molar-refractivity contribution < 1.29 is 14.3 Å². The summed E-state index contributed by atoms with van der Waals surface area (Å²) in [4.78, 5) is 30.5. The summed E-state index contributed by atoms with van der Waals surface area (Å²) in [6.45, 7) is 1.07. The van der Waals surface area contributed by atoms with E-state index in [1.54, 1.807) is 11.3 Å². The molecule has 2 amide bonds. The number of nitrogens with one attached hydrogen (secondary N) is 1. The lowest BCUT2D eigenvalue weighted by molar-refractivity contribution is -0.126. The minimum Gasteiger partial charge on any atom is -0.453 e. The average molecular weight is 373 g/mol. The van der Waals surface area contributed by atoms with E-state index >= 15 is 0 Å². The maximum atomic E-state index is 12.5. The minimum absolute atomic E-state index is 0.116. The first-order valence-electron chi connectivity index (χ1n) is 8.81. The number of carbonyl (C=O) groups excluding carboxylic acids is 2. The van der Waals surface area contributed by atoms with E-state index in [0.29, 0.717) is 25.9 Å². The number of hydrogen-bond donors (Lipinski definition) is 1. The van der Waals surface area contributed by atoms with E-state index in [-0.39, 0.29) is 5.91 Å². The molecule has 3 rings (SSSR count). The molecule has 1 aliphatic heterocycles. The number of piperidine rings is 1. The van der Waals surface area contributed by atoms with E-state index in [4.69, 9.17) is 4.74 Å². The van der Waals surface area contributed by atoms with Crippen LogP contribution in [0.5, 0.6) is 0 Å². The lowest BCUT2D eigenvalue weighted by Gasteiger charge is -2.33. The van der Waals surface area contributed by atoms with Crippen molar-refractivity contribution in [3.05, 3.63) is 40.7 Å². The monoisotopic (exact) mass is 373 g/mol. The molecule has 1 aliphatic rings. The molecule has 0 aliphatic carbocycles. The lowest BCUT2D eigenvalue weighted by atomic mass is 10.0. The number of nitrogens with zero attached hydrogens (tertiary/aromatic N) is 2. The Morgan fingerprint density at radius 3 is 2.88 bits per heavy atom. The van der Waals surface area contributed by atoms with Crippen LogP contribution in [-0.2, 0) is 16.0 Å². The SMILES string of the molecule is COC(=O)N1CCCC[C@H]1C(=O)NCCc1nc(-c2ccccc2)cs1. The number of benzene rings is 1. The first-order chi connectivity index (χ1) is 12.7. The van der Waals surface area contributed by atoms with Gasteiger partial charge in [0.15, 0.2) is 0 Å². The second-order valence-corrected chi connectivity index (χ2v) is 7.15. The molecule has 138 valence electrons. The van der Waals surface area contributed by atoms with Gasteiger partial charge in [-0.15, -0.1) is 11.3 Å². The fraction of sp³-hybridized carbons (Fsp3) is 0.421. The molecular formula is C19H23N3O3S. The highest BCUT2D eigenvalue weighted by molar-refractivity contribution is 7.09. The number of thiazole rings is 1. The third-order valence-electron chi connectivity index (χ3n) is 4.47. The van der Waals surface area contributed by atoms with Gasteiger partial charge in [0, 0.05) is 30.5 Å². The number of rotatable bonds is 5. The van der Waals surface area contributed by atoms with Crippen molar-refractivity contribution in [3.8, 4) is 11.3 Å².